The van der Waals surface area contributed by atoms with Gasteiger partial charge in [-0.3, -0.25) is 9.78 Å². The average molecular weight is 382 g/mol. The second kappa shape index (κ2) is 6.88. The topological polar surface area (TPSA) is 71.0 Å². The Morgan fingerprint density at radius 2 is 2.19 bits per heavy atom. The number of pyridine rings is 1. The fraction of sp³-hybridized carbons (Fsp3) is 0.400. The largest absolute Gasteiger partial charge is 0.348 e. The Labute approximate surface area is 162 Å². The second-order valence-corrected chi connectivity index (χ2v) is 8.74. The molecule has 0 saturated carbocycles. The van der Waals surface area contributed by atoms with Gasteiger partial charge in [-0.15, -0.1) is 11.3 Å². The number of thiophene rings is 1. The summed E-state index contributed by atoms with van der Waals surface area (Å²) in [7, 11) is 0. The Kier molecular flexibility index (Phi) is 4.55. The molecular formula is C20H23N5OS. The first-order valence-electron chi connectivity index (χ1n) is 9.14. The highest BCUT2D eigenvalue weighted by Gasteiger charge is 2.34. The summed E-state index contributed by atoms with van der Waals surface area (Å²) in [6.45, 7) is 7.96. The van der Waals surface area contributed by atoms with Crippen molar-refractivity contribution >= 4 is 33.4 Å². The number of nitrogens with one attached hydrogen (secondary N) is 1. The van der Waals surface area contributed by atoms with Crippen LogP contribution in [0.1, 0.15) is 49.3 Å². The second-order valence-electron chi connectivity index (χ2n) is 7.82. The van der Waals surface area contributed by atoms with E-state index in [0.717, 1.165) is 35.3 Å². The van der Waals surface area contributed by atoms with Crippen LogP contribution in [0.3, 0.4) is 0 Å². The van der Waals surface area contributed by atoms with Crippen molar-refractivity contribution in [3.05, 3.63) is 47.2 Å². The van der Waals surface area contributed by atoms with Gasteiger partial charge in [-0.05, 0) is 41.8 Å². The van der Waals surface area contributed by atoms with Crippen molar-refractivity contribution in [2.24, 2.45) is 5.41 Å². The summed E-state index contributed by atoms with van der Waals surface area (Å²) in [6, 6.07) is 5.84. The number of fused-ring (bicyclic) bond motifs is 1. The van der Waals surface area contributed by atoms with Gasteiger partial charge in [0.25, 0.3) is 5.91 Å². The van der Waals surface area contributed by atoms with Crippen LogP contribution in [0.15, 0.2) is 36.0 Å². The van der Waals surface area contributed by atoms with Gasteiger partial charge in [0.2, 0.25) is 5.95 Å². The molecule has 3 aromatic rings. The molecule has 1 atom stereocenters. The smallest absolute Gasteiger partial charge is 0.274 e. The van der Waals surface area contributed by atoms with Crippen molar-refractivity contribution in [1.29, 1.82) is 0 Å². The fourth-order valence-electron chi connectivity index (χ4n) is 3.42. The summed E-state index contributed by atoms with van der Waals surface area (Å²) < 4.78 is 0.851. The number of aromatic nitrogens is 3. The predicted octanol–water partition coefficient (Wildman–Crippen LogP) is 4.13. The molecule has 6 nitrogen and oxygen atoms in total. The van der Waals surface area contributed by atoms with Crippen LogP contribution in [-0.2, 0) is 0 Å². The van der Waals surface area contributed by atoms with E-state index in [4.69, 9.17) is 0 Å². The third kappa shape index (κ3) is 3.64. The van der Waals surface area contributed by atoms with E-state index in [1.54, 1.807) is 6.20 Å². The third-order valence-electron chi connectivity index (χ3n) is 5.00. The van der Waals surface area contributed by atoms with E-state index in [-0.39, 0.29) is 17.4 Å². The molecule has 140 valence electrons. The highest BCUT2D eigenvalue weighted by Crippen LogP contribution is 2.32. The molecule has 0 aromatic carbocycles. The number of anilines is 1. The lowest BCUT2D eigenvalue weighted by Crippen LogP contribution is -2.31. The normalized spacial score (nSPS) is 17.2. The molecule has 4 rings (SSSR count). The molecule has 0 unspecified atom stereocenters. The lowest BCUT2D eigenvalue weighted by molar-refractivity contribution is 0.0775. The van der Waals surface area contributed by atoms with E-state index < -0.39 is 0 Å². The predicted molar refractivity (Wildman–Crippen MR) is 108 cm³/mol. The van der Waals surface area contributed by atoms with E-state index in [1.807, 2.05) is 41.6 Å². The Morgan fingerprint density at radius 3 is 2.89 bits per heavy atom. The highest BCUT2D eigenvalue weighted by molar-refractivity contribution is 7.17. The molecule has 1 aliphatic rings. The summed E-state index contributed by atoms with van der Waals surface area (Å²) in [4.78, 5) is 28.4. The van der Waals surface area contributed by atoms with E-state index in [9.17, 15) is 4.79 Å². The van der Waals surface area contributed by atoms with Gasteiger partial charge in [0, 0.05) is 25.5 Å². The van der Waals surface area contributed by atoms with Crippen molar-refractivity contribution in [1.82, 2.24) is 19.9 Å². The molecular weight excluding hydrogens is 358 g/mol. The first-order chi connectivity index (χ1) is 12.9. The molecule has 1 aliphatic heterocycles. The van der Waals surface area contributed by atoms with Gasteiger partial charge < -0.3 is 10.2 Å². The van der Waals surface area contributed by atoms with Crippen LogP contribution < -0.4 is 5.32 Å². The van der Waals surface area contributed by atoms with Crippen LogP contribution in [0.5, 0.6) is 0 Å². The molecule has 7 heteroatoms. The van der Waals surface area contributed by atoms with E-state index in [1.165, 1.54) is 11.3 Å². The van der Waals surface area contributed by atoms with Gasteiger partial charge in [-0.1, -0.05) is 19.9 Å². The molecule has 0 radical (unpaired) electrons. The van der Waals surface area contributed by atoms with Crippen molar-refractivity contribution in [3.8, 4) is 0 Å². The number of rotatable bonds is 4. The third-order valence-corrected chi connectivity index (χ3v) is 5.91. The fourth-order valence-corrected chi connectivity index (χ4v) is 4.23. The summed E-state index contributed by atoms with van der Waals surface area (Å²) in [5, 5.41) is 5.27. The lowest BCUT2D eigenvalue weighted by Gasteiger charge is -2.20. The Hall–Kier alpha value is -2.54. The van der Waals surface area contributed by atoms with Gasteiger partial charge in [0.1, 0.15) is 0 Å². The van der Waals surface area contributed by atoms with Gasteiger partial charge in [0.15, 0.2) is 5.69 Å². The molecule has 3 aromatic heterocycles. The molecule has 0 bridgehead atoms. The van der Waals surface area contributed by atoms with Crippen LogP contribution >= 0.6 is 11.3 Å². The van der Waals surface area contributed by atoms with Gasteiger partial charge in [-0.25, -0.2) is 9.97 Å². The summed E-state index contributed by atoms with van der Waals surface area (Å²) in [6.07, 6.45) is 4.58. The van der Waals surface area contributed by atoms with E-state index in [0.29, 0.717) is 11.6 Å². The number of nitrogens with zero attached hydrogens (tertiary/aromatic N) is 4. The first-order valence-corrected chi connectivity index (χ1v) is 10.0. The van der Waals surface area contributed by atoms with Crippen LogP contribution in [0, 0.1) is 5.41 Å². The lowest BCUT2D eigenvalue weighted by atomic mass is 9.93. The Morgan fingerprint density at radius 1 is 1.33 bits per heavy atom. The maximum absolute atomic E-state index is 13.2. The number of amides is 1. The zero-order chi connectivity index (χ0) is 19.0. The van der Waals surface area contributed by atoms with Crippen LogP contribution in [0.25, 0.3) is 10.2 Å². The zero-order valence-electron chi connectivity index (χ0n) is 15.8. The maximum atomic E-state index is 13.2. The number of hydrogen-bond acceptors (Lipinski definition) is 6. The Bertz CT molecular complexity index is 969. The minimum atomic E-state index is -0.0107. The van der Waals surface area contributed by atoms with Gasteiger partial charge in [-0.2, -0.15) is 0 Å². The van der Waals surface area contributed by atoms with Gasteiger partial charge >= 0.3 is 0 Å². The quantitative estimate of drug-likeness (QED) is 0.736. The van der Waals surface area contributed by atoms with Crippen molar-refractivity contribution < 1.29 is 4.79 Å². The van der Waals surface area contributed by atoms with Crippen molar-refractivity contribution in [2.75, 3.05) is 18.4 Å². The highest BCUT2D eigenvalue weighted by atomic mass is 32.1. The number of hydrogen-bond donors (Lipinski definition) is 1. The SMILES string of the molecule is C[C@H](Nc1nc(C(=O)N2CCC(C)(C)C2)c2sccc2n1)c1cccnc1. The summed E-state index contributed by atoms with van der Waals surface area (Å²) >= 11 is 1.51. The van der Waals surface area contributed by atoms with Crippen LogP contribution in [0.2, 0.25) is 0 Å². The van der Waals surface area contributed by atoms with Gasteiger partial charge in [0.05, 0.1) is 16.3 Å². The van der Waals surface area contributed by atoms with Crippen molar-refractivity contribution in [2.45, 2.75) is 33.2 Å². The number of likely N-dealkylation sites (tertiary alicyclic amines) is 1. The minimum absolute atomic E-state index is 0.00694. The molecule has 1 amide bonds. The molecule has 1 saturated heterocycles. The monoisotopic (exact) mass is 381 g/mol. The molecule has 27 heavy (non-hydrogen) atoms. The summed E-state index contributed by atoms with van der Waals surface area (Å²) in [5.74, 6) is 0.464. The molecule has 0 aliphatic carbocycles. The first kappa shape index (κ1) is 17.9. The van der Waals surface area contributed by atoms with Crippen molar-refractivity contribution in [3.63, 3.8) is 0 Å². The molecule has 1 N–H and O–H groups in total. The molecule has 1 fully saturated rings. The molecule has 0 spiro atoms. The molecule has 4 heterocycles. The van der Waals surface area contributed by atoms with E-state index in [2.05, 4.69) is 34.1 Å². The standard InChI is InChI=1S/C20H23N5OS/c1-13(14-5-4-8-21-11-14)22-19-23-15-6-10-27-17(15)16(24-19)18(26)25-9-7-20(2,3)12-25/h4-6,8,10-11,13H,7,9,12H2,1-3H3,(H,22,23,24)/t13-/m0/s1. The van der Waals surface area contributed by atoms with Crippen LogP contribution in [0.4, 0.5) is 5.95 Å². The zero-order valence-corrected chi connectivity index (χ0v) is 16.6. The average Bonchev–Trinajstić information content (AvgIpc) is 3.27. The van der Waals surface area contributed by atoms with Crippen LogP contribution in [-0.4, -0.2) is 38.8 Å². The van der Waals surface area contributed by atoms with E-state index >= 15 is 0 Å². The Balaban J connectivity index is 1.65. The maximum Gasteiger partial charge on any atom is 0.274 e. The minimum Gasteiger partial charge on any atom is -0.348 e. The summed E-state index contributed by atoms with van der Waals surface area (Å²) in [5.41, 5.74) is 2.50. The number of carbonyl (C=O) groups excluding carboxylic acids is 1. The number of carbonyl (C=O) groups is 1.